The van der Waals surface area contributed by atoms with Crippen molar-refractivity contribution in [1.82, 2.24) is 47.0 Å². The number of ether oxygens (including phenoxy) is 1. The Morgan fingerprint density at radius 1 is 0.634 bits per heavy atom. The van der Waals surface area contributed by atoms with Crippen molar-refractivity contribution in [3.63, 3.8) is 0 Å². The summed E-state index contributed by atoms with van der Waals surface area (Å²) in [7, 11) is 4.91. The van der Waals surface area contributed by atoms with Crippen molar-refractivity contribution < 1.29 is 43.1 Å². The number of aryl methyl sites for hydroxylation is 1. The lowest BCUT2D eigenvalue weighted by Gasteiger charge is -2.41. The molecule has 2 aliphatic heterocycles. The molecule has 7 rings (SSSR count). The third-order valence-corrected chi connectivity index (χ3v) is 16.1. The van der Waals surface area contributed by atoms with E-state index in [1.165, 1.54) is 39.6 Å². The second kappa shape index (κ2) is 27.1. The molecule has 4 aromatic rings. The van der Waals surface area contributed by atoms with Gasteiger partial charge in [0.15, 0.2) is 0 Å². The zero-order valence-corrected chi connectivity index (χ0v) is 49.4. The van der Waals surface area contributed by atoms with Crippen LogP contribution in [0.2, 0.25) is 0 Å². The van der Waals surface area contributed by atoms with Gasteiger partial charge in [0, 0.05) is 56.1 Å². The van der Waals surface area contributed by atoms with E-state index in [0.29, 0.717) is 24.3 Å². The monoisotopic (exact) mass is 1120 g/mol. The van der Waals surface area contributed by atoms with Crippen molar-refractivity contribution in [3.8, 4) is 0 Å². The van der Waals surface area contributed by atoms with Gasteiger partial charge in [0.1, 0.15) is 24.2 Å². The standard InChI is InChI=1S/C63H84N10O9/c1-37(64-9)54(74)70-52(62(3,4)5)60(80)72-35-44-32-45(29-28-43(44)33-50(72)58(78)68-48(30-31-82-11)40-19-13-12-14-20-40)66-56(76)41-24-26-42(27-25-41)57(77)67-46-34-51(59(79)69-49-23-17-21-39-18-15-16-22-47(39)49)73(36-46)61(81)53(63(6,7)8)71-55(75)38(2)65-10/h12-16,18-20,22,24-29,32,37-38,46,48-53,64-65H,17,21,23,30-31,33-36H2,1-11H3,(H,66,76)(H,67,77)(H,68,78)(H,69,79)(H,70,74)(H,71,75)/t37-,38-,46-,48+,49+,50-,51-,52+,53+/m0/s1. The van der Waals surface area contributed by atoms with Crippen LogP contribution < -0.4 is 42.5 Å². The number of hydrogen-bond donors (Lipinski definition) is 8. The maximum atomic E-state index is 14.9. The molecule has 8 N–H and O–H groups in total. The number of methoxy groups -OCH3 is 1. The number of benzene rings is 4. The van der Waals surface area contributed by atoms with Crippen molar-refractivity contribution in [3.05, 3.63) is 136 Å². The van der Waals surface area contributed by atoms with Gasteiger partial charge in [-0.2, -0.15) is 0 Å². The average Bonchev–Trinajstić information content (AvgIpc) is 4.08. The molecular formula is C63H84N10O9. The van der Waals surface area contributed by atoms with E-state index in [0.717, 1.165) is 36.0 Å². The van der Waals surface area contributed by atoms with Gasteiger partial charge in [0.2, 0.25) is 35.4 Å². The summed E-state index contributed by atoms with van der Waals surface area (Å²) in [5, 5.41) is 24.1. The molecule has 3 aliphatic rings. The Hall–Kier alpha value is -7.48. The zero-order chi connectivity index (χ0) is 59.6. The number of anilines is 1. The van der Waals surface area contributed by atoms with E-state index in [1.807, 2.05) is 96.1 Å². The second-order valence-corrected chi connectivity index (χ2v) is 24.2. The van der Waals surface area contributed by atoms with Gasteiger partial charge in [0.25, 0.3) is 11.8 Å². The molecule has 9 atom stereocenters. The van der Waals surface area contributed by atoms with E-state index < -0.39 is 82.8 Å². The van der Waals surface area contributed by atoms with Crippen LogP contribution in [-0.4, -0.2) is 134 Å². The highest BCUT2D eigenvalue weighted by molar-refractivity contribution is 6.05. The Balaban J connectivity index is 1.07. The first-order valence-corrected chi connectivity index (χ1v) is 28.5. The number of likely N-dealkylation sites (N-methyl/N-ethyl adjacent to an activating group) is 2. The molecule has 19 heteroatoms. The van der Waals surface area contributed by atoms with Gasteiger partial charge in [-0.15, -0.1) is 0 Å². The van der Waals surface area contributed by atoms with Gasteiger partial charge in [-0.05, 0) is 135 Å². The third-order valence-electron chi connectivity index (χ3n) is 16.1. The summed E-state index contributed by atoms with van der Waals surface area (Å²) in [6, 6.07) is 22.7. The Bertz CT molecular complexity index is 2960. The molecule has 0 saturated carbocycles. The topological polar surface area (TPSA) is 249 Å². The Labute approximate surface area is 482 Å². The maximum Gasteiger partial charge on any atom is 0.255 e. The average molecular weight is 1130 g/mol. The first-order valence-electron chi connectivity index (χ1n) is 28.5. The summed E-state index contributed by atoms with van der Waals surface area (Å²) in [5.74, 6) is -3.23. The van der Waals surface area contributed by atoms with Crippen molar-refractivity contribution in [2.45, 2.75) is 155 Å². The number of fused-ring (bicyclic) bond motifs is 2. The van der Waals surface area contributed by atoms with Crippen molar-refractivity contribution >= 4 is 52.9 Å². The summed E-state index contributed by atoms with van der Waals surface area (Å²) >= 11 is 0. The van der Waals surface area contributed by atoms with Crippen LogP contribution in [0, 0.1) is 10.8 Å². The Morgan fingerprint density at radius 3 is 1.82 bits per heavy atom. The van der Waals surface area contributed by atoms with E-state index in [9.17, 15) is 38.4 Å². The molecule has 8 amide bonds. The molecule has 0 spiro atoms. The minimum atomic E-state index is -0.996. The molecule has 0 bridgehead atoms. The first kappa shape index (κ1) is 62.1. The molecule has 82 heavy (non-hydrogen) atoms. The predicted octanol–water partition coefficient (Wildman–Crippen LogP) is 5.26. The highest BCUT2D eigenvalue weighted by atomic mass is 16.5. The number of nitrogens with zero attached hydrogens (tertiary/aromatic N) is 2. The van der Waals surface area contributed by atoms with Crippen LogP contribution in [0.5, 0.6) is 0 Å². The van der Waals surface area contributed by atoms with Crippen LogP contribution in [0.25, 0.3) is 0 Å². The zero-order valence-electron chi connectivity index (χ0n) is 49.4. The lowest BCUT2D eigenvalue weighted by molar-refractivity contribution is -0.147. The van der Waals surface area contributed by atoms with E-state index in [4.69, 9.17) is 4.74 Å². The normalized spacial score (nSPS) is 19.6. The van der Waals surface area contributed by atoms with Gasteiger partial charge in [-0.25, -0.2) is 0 Å². The quantitative estimate of drug-likeness (QED) is 0.0568. The molecule has 4 aromatic carbocycles. The molecule has 0 radical (unpaired) electrons. The molecule has 0 unspecified atom stereocenters. The van der Waals surface area contributed by atoms with Gasteiger partial charge >= 0.3 is 0 Å². The van der Waals surface area contributed by atoms with Crippen LogP contribution >= 0.6 is 0 Å². The van der Waals surface area contributed by atoms with Crippen LogP contribution in [0.3, 0.4) is 0 Å². The van der Waals surface area contributed by atoms with Crippen LogP contribution in [0.1, 0.15) is 142 Å². The smallest absolute Gasteiger partial charge is 0.255 e. The number of carbonyl (C=O) groups is 8. The van der Waals surface area contributed by atoms with Crippen LogP contribution in [0.4, 0.5) is 5.69 Å². The molecular weight excluding hydrogens is 1040 g/mol. The Morgan fingerprint density at radius 2 is 1.22 bits per heavy atom. The van der Waals surface area contributed by atoms with Gasteiger partial charge in [-0.3, -0.25) is 38.4 Å². The van der Waals surface area contributed by atoms with E-state index >= 15 is 0 Å². The first-order chi connectivity index (χ1) is 38.9. The van der Waals surface area contributed by atoms with Gasteiger partial charge < -0.3 is 57.1 Å². The van der Waals surface area contributed by atoms with Crippen LogP contribution in [-0.2, 0) is 52.9 Å². The fraction of sp³-hybridized carbons (Fsp3) is 0.492. The molecule has 1 saturated heterocycles. The fourth-order valence-electron chi connectivity index (χ4n) is 10.9. The van der Waals surface area contributed by atoms with Crippen molar-refractivity contribution in [1.29, 1.82) is 0 Å². The highest BCUT2D eigenvalue weighted by Crippen LogP contribution is 2.34. The number of nitrogens with one attached hydrogen (secondary N) is 8. The molecule has 1 fully saturated rings. The van der Waals surface area contributed by atoms with Gasteiger partial charge in [-0.1, -0.05) is 102 Å². The second-order valence-electron chi connectivity index (χ2n) is 24.2. The van der Waals surface area contributed by atoms with E-state index in [2.05, 4.69) is 48.6 Å². The molecule has 0 aromatic heterocycles. The maximum absolute atomic E-state index is 14.9. The number of amides is 8. The van der Waals surface area contributed by atoms with Gasteiger partial charge in [0.05, 0.1) is 24.2 Å². The summed E-state index contributed by atoms with van der Waals surface area (Å²) < 4.78 is 5.40. The number of rotatable bonds is 20. The molecule has 1 aliphatic carbocycles. The number of likely N-dealkylation sites (tertiary alicyclic amines) is 1. The summed E-state index contributed by atoms with van der Waals surface area (Å²) in [6.07, 6.45) is 3.32. The minimum Gasteiger partial charge on any atom is -0.385 e. The summed E-state index contributed by atoms with van der Waals surface area (Å²) in [6.45, 7) is 14.9. The van der Waals surface area contributed by atoms with Crippen molar-refractivity contribution in [2.24, 2.45) is 10.8 Å². The van der Waals surface area contributed by atoms with E-state index in [-0.39, 0.29) is 66.7 Å². The largest absolute Gasteiger partial charge is 0.385 e. The summed E-state index contributed by atoms with van der Waals surface area (Å²) in [5.41, 5.74) is 4.07. The lowest BCUT2D eigenvalue weighted by atomic mass is 9.84. The number of carbonyl (C=O) groups excluding carboxylic acids is 8. The molecule has 440 valence electrons. The lowest BCUT2D eigenvalue weighted by Crippen LogP contribution is -2.62. The third kappa shape index (κ3) is 15.1. The Kier molecular flexibility index (Phi) is 20.5. The molecule has 19 nitrogen and oxygen atoms in total. The van der Waals surface area contributed by atoms with Crippen molar-refractivity contribution in [2.75, 3.05) is 39.7 Å². The van der Waals surface area contributed by atoms with E-state index in [1.54, 1.807) is 47.2 Å². The molecule has 2 heterocycles. The summed E-state index contributed by atoms with van der Waals surface area (Å²) in [4.78, 5) is 116. The number of hydrogen-bond acceptors (Lipinski definition) is 11. The fourth-order valence-corrected chi connectivity index (χ4v) is 10.9. The predicted molar refractivity (Wildman–Crippen MR) is 314 cm³/mol. The minimum absolute atomic E-state index is 0.00887. The van der Waals surface area contributed by atoms with Crippen LogP contribution in [0.15, 0.2) is 97.1 Å². The SMILES string of the molecule is CN[C@@H](C)C(=O)N[C@H](C(=O)N1Cc2cc(NC(=O)c3ccc(C(=O)N[C@H]4C[C@@H](C(=O)N[C@@H]5CCCc6ccccc65)N(C(=O)[C@@H](NC(=O)[C@H](C)NC)C(C)(C)C)C4)cc3)ccc2C[C@H]1C(=O)N[C@H](CCOC)c1ccccc1)C(C)(C)C. The highest BCUT2D eigenvalue weighted by Gasteiger charge is 2.47.